The summed E-state index contributed by atoms with van der Waals surface area (Å²) in [5.41, 5.74) is 5.78. The highest BCUT2D eigenvalue weighted by atomic mass is 16.1. The number of imidazole rings is 1. The van der Waals surface area contributed by atoms with Crippen molar-refractivity contribution in [3.8, 4) is 0 Å². The molecule has 0 N–H and O–H groups in total. The van der Waals surface area contributed by atoms with Gasteiger partial charge in [-0.2, -0.15) is 4.98 Å². The fourth-order valence-electron chi connectivity index (χ4n) is 3.51. The molecule has 0 amide bonds. The molecule has 2 rings (SSSR count). The Morgan fingerprint density at radius 3 is 2.19 bits per heavy atom. The van der Waals surface area contributed by atoms with E-state index in [-0.39, 0.29) is 11.3 Å². The zero-order chi connectivity index (χ0) is 23.7. The van der Waals surface area contributed by atoms with E-state index in [1.807, 2.05) is 32.4 Å². The average Bonchev–Trinajstić information content (AvgIpc) is 3.14. The van der Waals surface area contributed by atoms with E-state index in [2.05, 4.69) is 42.0 Å². The Morgan fingerprint density at radius 1 is 0.906 bits per heavy atom. The molecule has 2 aromatic rings. The van der Waals surface area contributed by atoms with Crippen LogP contribution in [0.2, 0.25) is 0 Å². The Balaban J connectivity index is 1.81. The maximum atomic E-state index is 12.1. The Labute approximate surface area is 191 Å². The molecule has 6 nitrogen and oxygen atoms in total. The minimum Gasteiger partial charge on any atom is -0.321 e. The minimum absolute atomic E-state index is 0.175. The summed E-state index contributed by atoms with van der Waals surface area (Å²) in [6.45, 7) is 10.8. The van der Waals surface area contributed by atoms with Gasteiger partial charge in [-0.15, -0.1) is 0 Å². The molecule has 0 bridgehead atoms. The first kappa shape index (κ1) is 25.2. The van der Waals surface area contributed by atoms with E-state index in [9.17, 15) is 9.59 Å². The van der Waals surface area contributed by atoms with E-state index in [0.29, 0.717) is 24.1 Å². The lowest BCUT2D eigenvalue weighted by molar-refractivity contribution is -0.114. The van der Waals surface area contributed by atoms with Crippen molar-refractivity contribution in [2.24, 2.45) is 7.05 Å². The molecule has 32 heavy (non-hydrogen) atoms. The average molecular weight is 437 g/mol. The topological polar surface area (TPSA) is 69.8 Å². The Kier molecular flexibility index (Phi) is 9.57. The van der Waals surface area contributed by atoms with Crippen LogP contribution in [0.4, 0.5) is 0 Å². The third-order valence-electron chi connectivity index (χ3n) is 5.31. The number of allylic oxidation sites excluding steroid dienone is 8. The van der Waals surface area contributed by atoms with Gasteiger partial charge in [-0.25, -0.2) is 4.98 Å². The van der Waals surface area contributed by atoms with E-state index in [4.69, 9.17) is 0 Å². The number of hydrogen-bond donors (Lipinski definition) is 0. The fourth-order valence-corrected chi connectivity index (χ4v) is 3.51. The zero-order valence-corrected chi connectivity index (χ0v) is 20.3. The Hall–Kier alpha value is -3.02. The van der Waals surface area contributed by atoms with Gasteiger partial charge in [-0.3, -0.25) is 9.59 Å². The van der Waals surface area contributed by atoms with Crippen LogP contribution in [-0.2, 0) is 18.4 Å². The van der Waals surface area contributed by atoms with Crippen LogP contribution in [0.5, 0.6) is 0 Å². The van der Waals surface area contributed by atoms with Gasteiger partial charge < -0.3 is 9.13 Å². The largest absolute Gasteiger partial charge is 0.321 e. The van der Waals surface area contributed by atoms with Crippen molar-refractivity contribution in [3.05, 3.63) is 69.6 Å². The van der Waals surface area contributed by atoms with Crippen LogP contribution in [0, 0.1) is 0 Å². The van der Waals surface area contributed by atoms with Crippen molar-refractivity contribution in [1.82, 2.24) is 19.1 Å². The van der Waals surface area contributed by atoms with Gasteiger partial charge in [0.25, 0.3) is 5.56 Å². The third-order valence-corrected chi connectivity index (χ3v) is 5.31. The van der Waals surface area contributed by atoms with Crippen molar-refractivity contribution < 1.29 is 4.79 Å². The molecular formula is C26H36N4O2. The molecule has 2 aromatic heterocycles. The number of ketones is 1. The summed E-state index contributed by atoms with van der Waals surface area (Å²) in [7, 11) is 1.84. The van der Waals surface area contributed by atoms with Crippen molar-refractivity contribution in [1.29, 1.82) is 0 Å². The first-order valence-corrected chi connectivity index (χ1v) is 11.2. The molecule has 0 spiro atoms. The van der Waals surface area contributed by atoms with Crippen LogP contribution < -0.4 is 5.56 Å². The lowest BCUT2D eigenvalue weighted by Gasteiger charge is -2.04. The highest BCUT2D eigenvalue weighted by Crippen LogP contribution is 2.13. The Morgan fingerprint density at radius 2 is 1.53 bits per heavy atom. The van der Waals surface area contributed by atoms with Gasteiger partial charge >= 0.3 is 0 Å². The quantitative estimate of drug-likeness (QED) is 0.347. The molecular weight excluding hydrogens is 400 g/mol. The maximum absolute atomic E-state index is 12.1. The van der Waals surface area contributed by atoms with Crippen molar-refractivity contribution >= 4 is 16.9 Å². The molecule has 0 aliphatic rings. The number of aryl methyl sites for hydroxylation is 1. The molecule has 0 radical (unpaired) electrons. The molecule has 0 saturated heterocycles. The second-order valence-electron chi connectivity index (χ2n) is 8.82. The van der Waals surface area contributed by atoms with E-state index < -0.39 is 0 Å². The first-order valence-electron chi connectivity index (χ1n) is 11.2. The monoisotopic (exact) mass is 436 g/mol. The molecule has 6 heteroatoms. The van der Waals surface area contributed by atoms with Crippen LogP contribution in [0.3, 0.4) is 0 Å². The van der Waals surface area contributed by atoms with Gasteiger partial charge in [0.1, 0.15) is 6.33 Å². The van der Waals surface area contributed by atoms with E-state index in [0.717, 1.165) is 36.8 Å². The Bertz CT molecular complexity index is 1120. The summed E-state index contributed by atoms with van der Waals surface area (Å²) in [6.07, 6.45) is 16.0. The number of fused-ring (bicyclic) bond motifs is 1. The van der Waals surface area contributed by atoms with Crippen LogP contribution in [0.25, 0.3) is 11.2 Å². The summed E-state index contributed by atoms with van der Waals surface area (Å²) < 4.78 is 3.61. The summed E-state index contributed by atoms with van der Waals surface area (Å²) >= 11 is 0. The van der Waals surface area contributed by atoms with Gasteiger partial charge in [-0.1, -0.05) is 40.5 Å². The van der Waals surface area contributed by atoms with Crippen LogP contribution in [-0.4, -0.2) is 24.9 Å². The highest BCUT2D eigenvalue weighted by molar-refractivity contribution is 5.91. The zero-order valence-electron chi connectivity index (χ0n) is 20.3. The van der Waals surface area contributed by atoms with Gasteiger partial charge in [0, 0.05) is 20.0 Å². The second kappa shape index (κ2) is 12.1. The van der Waals surface area contributed by atoms with Gasteiger partial charge in [0.05, 0.1) is 6.33 Å². The lowest BCUT2D eigenvalue weighted by atomic mass is 10.0. The van der Waals surface area contributed by atoms with E-state index >= 15 is 0 Å². The number of rotatable bonds is 11. The minimum atomic E-state index is -0.245. The predicted octanol–water partition coefficient (Wildman–Crippen LogP) is 5.45. The number of carbonyl (C=O) groups excluding carboxylic acids is 1. The summed E-state index contributed by atoms with van der Waals surface area (Å²) in [5, 5.41) is 0. The first-order chi connectivity index (χ1) is 15.2. The molecule has 0 aliphatic heterocycles. The van der Waals surface area contributed by atoms with Gasteiger partial charge in [0.15, 0.2) is 16.9 Å². The number of nitrogens with zero attached hydrogens (tertiary/aromatic N) is 4. The lowest BCUT2D eigenvalue weighted by Crippen LogP contribution is -2.13. The third kappa shape index (κ3) is 7.91. The maximum Gasteiger partial charge on any atom is 0.298 e. The summed E-state index contributed by atoms with van der Waals surface area (Å²) in [4.78, 5) is 32.1. The highest BCUT2D eigenvalue weighted by Gasteiger charge is 2.08. The van der Waals surface area contributed by atoms with Crippen molar-refractivity contribution in [2.75, 3.05) is 0 Å². The SMILES string of the molecule is CC(C)=CC(=O)CC(C)=CCCC(C)=CCCC(C)=CCn1cnc2c1c(=O)ncn2C. The predicted molar refractivity (Wildman–Crippen MR) is 132 cm³/mol. The van der Waals surface area contributed by atoms with E-state index in [1.165, 1.54) is 17.5 Å². The molecule has 2 heterocycles. The number of aromatic nitrogens is 4. The van der Waals surface area contributed by atoms with Crippen LogP contribution in [0.1, 0.15) is 66.7 Å². The standard InChI is InChI=1S/C26H36N4O2/c1-19(2)15-23(31)16-22(5)12-8-10-20(3)9-7-11-21(4)13-14-30-18-27-25-24(30)26(32)28-17-29(25)6/h9,12-13,15,17-18H,7-8,10-11,14,16H2,1-6H3. The molecule has 0 aliphatic carbocycles. The summed E-state index contributed by atoms with van der Waals surface area (Å²) in [6, 6.07) is 0. The normalized spacial score (nSPS) is 13.0. The van der Waals surface area contributed by atoms with Gasteiger partial charge in [0.2, 0.25) is 0 Å². The number of carbonyl (C=O) groups is 1. The van der Waals surface area contributed by atoms with Crippen molar-refractivity contribution in [2.45, 2.75) is 73.3 Å². The second-order valence-corrected chi connectivity index (χ2v) is 8.82. The molecule has 172 valence electrons. The molecule has 0 aromatic carbocycles. The van der Waals surface area contributed by atoms with Crippen LogP contribution >= 0.6 is 0 Å². The van der Waals surface area contributed by atoms with Crippen molar-refractivity contribution in [3.63, 3.8) is 0 Å². The molecule has 0 unspecified atom stereocenters. The number of hydrogen-bond acceptors (Lipinski definition) is 4. The molecule has 0 atom stereocenters. The molecule has 0 fully saturated rings. The van der Waals surface area contributed by atoms with E-state index in [1.54, 1.807) is 17.0 Å². The fraction of sp³-hybridized carbons (Fsp3) is 0.462. The summed E-state index contributed by atoms with van der Waals surface area (Å²) in [5.74, 6) is 0.175. The smallest absolute Gasteiger partial charge is 0.298 e. The van der Waals surface area contributed by atoms with Gasteiger partial charge in [-0.05, 0) is 66.4 Å². The molecule has 0 saturated carbocycles. The van der Waals surface area contributed by atoms with Crippen LogP contribution in [0.15, 0.2) is 64.0 Å².